The minimum Gasteiger partial charge on any atom is -0.369 e. The van der Waals surface area contributed by atoms with Gasteiger partial charge >= 0.3 is 0 Å². The number of nitrogens with two attached hydrogens (primary N) is 1. The number of rotatable bonds is 5. The lowest BCUT2D eigenvalue weighted by Crippen LogP contribution is -2.41. The molecular weight excluding hydrogens is 196 g/mol. The Balaban J connectivity index is 2.16. The van der Waals surface area contributed by atoms with Gasteiger partial charge in [0.25, 0.3) is 0 Å². The van der Waals surface area contributed by atoms with Crippen molar-refractivity contribution in [1.29, 1.82) is 0 Å². The monoisotopic (exact) mass is 216 g/mol. The highest BCUT2D eigenvalue weighted by Gasteiger charge is 2.25. The molecule has 1 amide bonds. The zero-order chi connectivity index (χ0) is 10.6. The molecule has 1 aliphatic rings. The van der Waals surface area contributed by atoms with Crippen molar-refractivity contribution in [3.8, 4) is 0 Å². The lowest BCUT2D eigenvalue weighted by atomic mass is 9.92. The Kier molecular flexibility index (Phi) is 4.26. The van der Waals surface area contributed by atoms with Crippen LogP contribution in [0.4, 0.5) is 0 Å². The van der Waals surface area contributed by atoms with Gasteiger partial charge in [-0.1, -0.05) is 0 Å². The van der Waals surface area contributed by atoms with E-state index in [1.807, 2.05) is 25.6 Å². The first-order chi connectivity index (χ1) is 6.52. The van der Waals surface area contributed by atoms with Gasteiger partial charge in [-0.2, -0.15) is 11.8 Å². The third kappa shape index (κ3) is 3.50. The van der Waals surface area contributed by atoms with Gasteiger partial charge in [-0.3, -0.25) is 4.79 Å². The molecule has 14 heavy (non-hydrogen) atoms. The van der Waals surface area contributed by atoms with E-state index in [0.717, 1.165) is 12.5 Å². The Bertz CT molecular complexity index is 200. The SMILES string of the molecule is CC(C)(CNCC1CCSC1)C(N)=O. The minimum atomic E-state index is -0.425. The summed E-state index contributed by atoms with van der Waals surface area (Å²) in [6.45, 7) is 5.46. The molecule has 1 saturated heterocycles. The molecule has 3 N–H and O–H groups in total. The number of hydrogen-bond acceptors (Lipinski definition) is 3. The predicted octanol–water partition coefficient (Wildman–Crippen LogP) is 0.841. The summed E-state index contributed by atoms with van der Waals surface area (Å²) in [5, 5.41) is 3.33. The summed E-state index contributed by atoms with van der Waals surface area (Å²) >= 11 is 2.01. The van der Waals surface area contributed by atoms with Crippen LogP contribution < -0.4 is 11.1 Å². The first-order valence-electron chi connectivity index (χ1n) is 5.11. The van der Waals surface area contributed by atoms with E-state index in [9.17, 15) is 4.79 Å². The zero-order valence-corrected chi connectivity index (χ0v) is 9.82. The highest BCUT2D eigenvalue weighted by molar-refractivity contribution is 7.99. The van der Waals surface area contributed by atoms with Gasteiger partial charge in [0.15, 0.2) is 0 Å². The average Bonchev–Trinajstić information content (AvgIpc) is 2.56. The molecule has 0 radical (unpaired) electrons. The molecule has 0 saturated carbocycles. The van der Waals surface area contributed by atoms with Crippen LogP contribution in [0.2, 0.25) is 0 Å². The molecule has 1 aliphatic heterocycles. The molecule has 0 spiro atoms. The maximum atomic E-state index is 11.0. The van der Waals surface area contributed by atoms with Crippen molar-refractivity contribution >= 4 is 17.7 Å². The molecule has 1 unspecified atom stereocenters. The molecule has 1 heterocycles. The van der Waals surface area contributed by atoms with Crippen molar-refractivity contribution in [1.82, 2.24) is 5.32 Å². The molecule has 0 aromatic rings. The highest BCUT2D eigenvalue weighted by Crippen LogP contribution is 2.22. The number of primary amides is 1. The molecule has 3 nitrogen and oxygen atoms in total. The maximum absolute atomic E-state index is 11.0. The van der Waals surface area contributed by atoms with Gasteiger partial charge in [-0.15, -0.1) is 0 Å². The van der Waals surface area contributed by atoms with E-state index in [2.05, 4.69) is 5.32 Å². The second kappa shape index (κ2) is 5.03. The molecule has 1 atom stereocenters. The van der Waals surface area contributed by atoms with E-state index in [4.69, 9.17) is 5.73 Å². The first-order valence-corrected chi connectivity index (χ1v) is 6.26. The lowest BCUT2D eigenvalue weighted by Gasteiger charge is -2.21. The summed E-state index contributed by atoms with van der Waals surface area (Å²) in [4.78, 5) is 11.0. The van der Waals surface area contributed by atoms with Gasteiger partial charge in [0.1, 0.15) is 0 Å². The third-order valence-corrected chi connectivity index (χ3v) is 3.92. The number of nitrogens with one attached hydrogen (secondary N) is 1. The molecule has 1 rings (SSSR count). The minimum absolute atomic E-state index is 0.231. The zero-order valence-electron chi connectivity index (χ0n) is 9.01. The van der Waals surface area contributed by atoms with E-state index < -0.39 is 5.41 Å². The molecule has 0 aliphatic carbocycles. The number of amides is 1. The van der Waals surface area contributed by atoms with E-state index in [0.29, 0.717) is 6.54 Å². The van der Waals surface area contributed by atoms with Crippen LogP contribution >= 0.6 is 11.8 Å². The van der Waals surface area contributed by atoms with Crippen molar-refractivity contribution in [2.75, 3.05) is 24.6 Å². The molecule has 82 valence electrons. The Morgan fingerprint density at radius 2 is 2.36 bits per heavy atom. The van der Waals surface area contributed by atoms with Crippen molar-refractivity contribution in [2.45, 2.75) is 20.3 Å². The van der Waals surface area contributed by atoms with Crippen molar-refractivity contribution < 1.29 is 4.79 Å². The second-order valence-electron chi connectivity index (χ2n) is 4.61. The van der Waals surface area contributed by atoms with E-state index >= 15 is 0 Å². The highest BCUT2D eigenvalue weighted by atomic mass is 32.2. The standard InChI is InChI=1S/C10H20N2OS/c1-10(2,9(11)13)7-12-5-8-3-4-14-6-8/h8,12H,3-7H2,1-2H3,(H2,11,13). The van der Waals surface area contributed by atoms with Crippen LogP contribution in [0.3, 0.4) is 0 Å². The lowest BCUT2D eigenvalue weighted by molar-refractivity contribution is -0.125. The Morgan fingerprint density at radius 1 is 1.64 bits per heavy atom. The maximum Gasteiger partial charge on any atom is 0.224 e. The molecule has 1 fully saturated rings. The predicted molar refractivity (Wildman–Crippen MR) is 61.3 cm³/mol. The average molecular weight is 216 g/mol. The van der Waals surface area contributed by atoms with Gasteiger partial charge in [0.2, 0.25) is 5.91 Å². The van der Waals surface area contributed by atoms with Crippen molar-refractivity contribution in [3.63, 3.8) is 0 Å². The summed E-state index contributed by atoms with van der Waals surface area (Å²) in [7, 11) is 0. The third-order valence-electron chi connectivity index (χ3n) is 2.69. The molecule has 0 bridgehead atoms. The summed E-state index contributed by atoms with van der Waals surface area (Å²) in [5.41, 5.74) is 4.86. The summed E-state index contributed by atoms with van der Waals surface area (Å²) < 4.78 is 0. The first kappa shape index (κ1) is 11.9. The fraction of sp³-hybridized carbons (Fsp3) is 0.900. The quantitative estimate of drug-likeness (QED) is 0.716. The fourth-order valence-corrected chi connectivity index (χ4v) is 2.70. The van der Waals surface area contributed by atoms with Crippen LogP contribution in [0.1, 0.15) is 20.3 Å². The van der Waals surface area contributed by atoms with E-state index in [-0.39, 0.29) is 5.91 Å². The number of hydrogen-bond donors (Lipinski definition) is 2. The summed E-state index contributed by atoms with van der Waals surface area (Å²) in [6.07, 6.45) is 1.30. The van der Waals surface area contributed by atoms with Crippen LogP contribution in [0.5, 0.6) is 0 Å². The molecule has 0 aromatic heterocycles. The van der Waals surface area contributed by atoms with Gasteiger partial charge in [0, 0.05) is 6.54 Å². The van der Waals surface area contributed by atoms with E-state index in [1.165, 1.54) is 17.9 Å². The Morgan fingerprint density at radius 3 is 2.86 bits per heavy atom. The Labute approximate surface area is 90.2 Å². The topological polar surface area (TPSA) is 55.1 Å². The van der Waals surface area contributed by atoms with E-state index in [1.54, 1.807) is 0 Å². The summed E-state index contributed by atoms with van der Waals surface area (Å²) in [6, 6.07) is 0. The van der Waals surface area contributed by atoms with Crippen LogP contribution in [0, 0.1) is 11.3 Å². The van der Waals surface area contributed by atoms with Crippen LogP contribution in [-0.4, -0.2) is 30.5 Å². The van der Waals surface area contributed by atoms with Gasteiger partial charge < -0.3 is 11.1 Å². The largest absolute Gasteiger partial charge is 0.369 e. The van der Waals surface area contributed by atoms with Gasteiger partial charge in [-0.25, -0.2) is 0 Å². The van der Waals surface area contributed by atoms with Gasteiger partial charge in [0.05, 0.1) is 5.41 Å². The molecule has 4 heteroatoms. The normalized spacial score (nSPS) is 22.6. The van der Waals surface area contributed by atoms with Crippen LogP contribution in [0.25, 0.3) is 0 Å². The molecule has 0 aromatic carbocycles. The van der Waals surface area contributed by atoms with Crippen molar-refractivity contribution in [3.05, 3.63) is 0 Å². The Hall–Kier alpha value is -0.220. The van der Waals surface area contributed by atoms with Gasteiger partial charge in [-0.05, 0) is 44.2 Å². The van der Waals surface area contributed by atoms with Crippen molar-refractivity contribution in [2.24, 2.45) is 17.1 Å². The van der Waals surface area contributed by atoms with Crippen LogP contribution in [-0.2, 0) is 4.79 Å². The summed E-state index contributed by atoms with van der Waals surface area (Å²) in [5.74, 6) is 3.09. The number of thioether (sulfide) groups is 1. The number of carbonyl (C=O) groups excluding carboxylic acids is 1. The molecular formula is C10H20N2OS. The fourth-order valence-electron chi connectivity index (χ4n) is 1.42. The van der Waals surface area contributed by atoms with Crippen LogP contribution in [0.15, 0.2) is 0 Å². The smallest absolute Gasteiger partial charge is 0.224 e. The number of carbonyl (C=O) groups is 1. The second-order valence-corrected chi connectivity index (χ2v) is 5.76.